The predicted molar refractivity (Wildman–Crippen MR) is 91.2 cm³/mol. The first-order chi connectivity index (χ1) is 11.3. The third-order valence-corrected chi connectivity index (χ3v) is 3.66. The van der Waals surface area contributed by atoms with Crippen molar-refractivity contribution in [3.05, 3.63) is 108 Å². The van der Waals surface area contributed by atoms with Crippen molar-refractivity contribution in [3.63, 3.8) is 0 Å². The molecule has 0 N–H and O–H groups in total. The molecular weight excluding hydrogens is 284 g/mol. The van der Waals surface area contributed by atoms with Gasteiger partial charge in [-0.15, -0.1) is 0 Å². The van der Waals surface area contributed by atoms with E-state index in [0.29, 0.717) is 12.2 Å². The maximum atomic E-state index is 12.8. The van der Waals surface area contributed by atoms with E-state index in [4.69, 9.17) is 4.74 Å². The van der Waals surface area contributed by atoms with E-state index in [1.54, 1.807) is 0 Å². The van der Waals surface area contributed by atoms with Gasteiger partial charge in [0.2, 0.25) is 0 Å². The molecule has 23 heavy (non-hydrogen) atoms. The second-order valence-corrected chi connectivity index (χ2v) is 5.32. The van der Waals surface area contributed by atoms with Crippen LogP contribution in [0.25, 0.3) is 0 Å². The Morgan fingerprint density at radius 3 is 1.87 bits per heavy atom. The zero-order chi connectivity index (χ0) is 15.9. The van der Waals surface area contributed by atoms with Gasteiger partial charge in [0.05, 0.1) is 6.61 Å². The molecule has 0 bridgehead atoms. The van der Waals surface area contributed by atoms with Gasteiger partial charge in [0.1, 0.15) is 6.10 Å². The topological polar surface area (TPSA) is 26.3 Å². The fraction of sp³-hybridized carbons (Fsp3) is 0.0952. The Bertz CT molecular complexity index is 737. The van der Waals surface area contributed by atoms with Gasteiger partial charge in [0.15, 0.2) is 5.78 Å². The van der Waals surface area contributed by atoms with Crippen molar-refractivity contribution in [3.8, 4) is 0 Å². The van der Waals surface area contributed by atoms with E-state index in [2.05, 4.69) is 0 Å². The molecule has 0 aliphatic rings. The molecule has 0 aliphatic heterocycles. The molecule has 0 unspecified atom stereocenters. The number of benzene rings is 3. The van der Waals surface area contributed by atoms with E-state index in [-0.39, 0.29) is 5.78 Å². The summed E-state index contributed by atoms with van der Waals surface area (Å²) in [5, 5.41) is 0. The minimum absolute atomic E-state index is 0.0206. The van der Waals surface area contributed by atoms with Crippen LogP contribution in [0.1, 0.15) is 27.6 Å². The van der Waals surface area contributed by atoms with Gasteiger partial charge in [0, 0.05) is 5.56 Å². The van der Waals surface area contributed by atoms with E-state index in [9.17, 15) is 4.79 Å². The maximum absolute atomic E-state index is 12.8. The zero-order valence-corrected chi connectivity index (χ0v) is 12.8. The van der Waals surface area contributed by atoms with Crippen molar-refractivity contribution >= 4 is 5.78 Å². The summed E-state index contributed by atoms with van der Waals surface area (Å²) in [6.07, 6.45) is -0.598. The summed E-state index contributed by atoms with van der Waals surface area (Å²) < 4.78 is 5.98. The predicted octanol–water partition coefficient (Wildman–Crippen LogP) is 4.83. The van der Waals surface area contributed by atoms with Crippen LogP contribution in [-0.4, -0.2) is 5.78 Å². The van der Waals surface area contributed by atoms with Crippen LogP contribution in [0.2, 0.25) is 0 Å². The van der Waals surface area contributed by atoms with Gasteiger partial charge >= 0.3 is 0 Å². The first-order valence-electron chi connectivity index (χ1n) is 7.64. The smallest absolute Gasteiger partial charge is 0.196 e. The summed E-state index contributed by atoms with van der Waals surface area (Å²) in [6, 6.07) is 28.8. The minimum atomic E-state index is -0.598. The molecular formula is C21H18O2. The molecule has 3 aromatic rings. The molecule has 0 saturated heterocycles. The molecule has 0 saturated carbocycles. The number of hydrogen-bond acceptors (Lipinski definition) is 2. The normalized spacial score (nSPS) is 11.8. The highest BCUT2D eigenvalue weighted by Crippen LogP contribution is 2.23. The first-order valence-corrected chi connectivity index (χ1v) is 7.64. The van der Waals surface area contributed by atoms with Gasteiger partial charge in [-0.05, 0) is 11.1 Å². The molecule has 0 amide bonds. The van der Waals surface area contributed by atoms with E-state index in [0.717, 1.165) is 11.1 Å². The largest absolute Gasteiger partial charge is 0.361 e. The highest BCUT2D eigenvalue weighted by Gasteiger charge is 2.22. The van der Waals surface area contributed by atoms with Gasteiger partial charge < -0.3 is 4.74 Å². The molecule has 1 atom stereocenters. The van der Waals surface area contributed by atoms with Crippen LogP contribution < -0.4 is 0 Å². The van der Waals surface area contributed by atoms with Gasteiger partial charge in [-0.3, -0.25) is 4.79 Å². The first kappa shape index (κ1) is 15.2. The second-order valence-electron chi connectivity index (χ2n) is 5.32. The number of Topliss-reactive ketones (excluding diaryl/α,β-unsaturated/α-hetero) is 1. The lowest BCUT2D eigenvalue weighted by atomic mass is 10.00. The molecule has 0 aliphatic carbocycles. The Morgan fingerprint density at radius 2 is 1.26 bits per heavy atom. The summed E-state index contributed by atoms with van der Waals surface area (Å²) in [7, 11) is 0. The lowest BCUT2D eigenvalue weighted by Gasteiger charge is -2.17. The third kappa shape index (κ3) is 3.93. The summed E-state index contributed by atoms with van der Waals surface area (Å²) in [5.74, 6) is -0.0206. The molecule has 0 aromatic heterocycles. The number of ether oxygens (including phenoxy) is 1. The number of ketones is 1. The Labute approximate surface area is 136 Å². The number of carbonyl (C=O) groups excluding carboxylic acids is 1. The second kappa shape index (κ2) is 7.52. The quantitative estimate of drug-likeness (QED) is 0.610. The average Bonchev–Trinajstić information content (AvgIpc) is 2.64. The van der Waals surface area contributed by atoms with Crippen LogP contribution in [0.15, 0.2) is 91.0 Å². The van der Waals surface area contributed by atoms with E-state index >= 15 is 0 Å². The summed E-state index contributed by atoms with van der Waals surface area (Å²) >= 11 is 0. The monoisotopic (exact) mass is 302 g/mol. The minimum Gasteiger partial charge on any atom is -0.361 e. The molecule has 2 nitrogen and oxygen atoms in total. The Kier molecular flexibility index (Phi) is 4.97. The number of rotatable bonds is 6. The fourth-order valence-electron chi connectivity index (χ4n) is 2.46. The molecule has 114 valence electrons. The molecule has 0 heterocycles. The average molecular weight is 302 g/mol. The van der Waals surface area contributed by atoms with Gasteiger partial charge in [-0.2, -0.15) is 0 Å². The summed E-state index contributed by atoms with van der Waals surface area (Å²) in [6.45, 7) is 0.402. The number of carbonyl (C=O) groups is 1. The standard InChI is InChI=1S/C21H18O2/c22-20(18-12-6-2-7-13-18)21(19-14-8-3-9-15-19)23-16-17-10-4-1-5-11-17/h1-15,21H,16H2/t21-/m0/s1. The van der Waals surface area contributed by atoms with Crippen molar-refractivity contribution < 1.29 is 9.53 Å². The van der Waals surface area contributed by atoms with Crippen molar-refractivity contribution in [2.24, 2.45) is 0 Å². The van der Waals surface area contributed by atoms with Gasteiger partial charge in [-0.25, -0.2) is 0 Å². The Balaban J connectivity index is 1.84. The highest BCUT2D eigenvalue weighted by atomic mass is 16.5. The maximum Gasteiger partial charge on any atom is 0.196 e. The van der Waals surface area contributed by atoms with Crippen LogP contribution in [0.5, 0.6) is 0 Å². The zero-order valence-electron chi connectivity index (χ0n) is 12.8. The van der Waals surface area contributed by atoms with E-state index in [1.807, 2.05) is 91.0 Å². The lowest BCUT2D eigenvalue weighted by molar-refractivity contribution is 0.0334. The Morgan fingerprint density at radius 1 is 0.739 bits per heavy atom. The van der Waals surface area contributed by atoms with Gasteiger partial charge in [-0.1, -0.05) is 91.0 Å². The van der Waals surface area contributed by atoms with Crippen molar-refractivity contribution in [2.45, 2.75) is 12.7 Å². The molecule has 0 spiro atoms. The van der Waals surface area contributed by atoms with Crippen LogP contribution in [0, 0.1) is 0 Å². The highest BCUT2D eigenvalue weighted by molar-refractivity contribution is 6.00. The van der Waals surface area contributed by atoms with Crippen molar-refractivity contribution in [1.29, 1.82) is 0 Å². The van der Waals surface area contributed by atoms with E-state index in [1.165, 1.54) is 0 Å². The molecule has 3 rings (SSSR count). The van der Waals surface area contributed by atoms with Crippen molar-refractivity contribution in [1.82, 2.24) is 0 Å². The SMILES string of the molecule is O=C(c1ccccc1)[C@@H](OCc1ccccc1)c1ccccc1. The lowest BCUT2D eigenvalue weighted by Crippen LogP contribution is -2.16. The molecule has 0 fully saturated rings. The van der Waals surface area contributed by atoms with Crippen LogP contribution in [-0.2, 0) is 11.3 Å². The Hall–Kier alpha value is -2.71. The fourth-order valence-corrected chi connectivity index (χ4v) is 2.46. The van der Waals surface area contributed by atoms with Crippen molar-refractivity contribution in [2.75, 3.05) is 0 Å². The number of hydrogen-bond donors (Lipinski definition) is 0. The van der Waals surface area contributed by atoms with Gasteiger partial charge in [0.25, 0.3) is 0 Å². The summed E-state index contributed by atoms with van der Waals surface area (Å²) in [4.78, 5) is 12.8. The molecule has 2 heteroatoms. The summed E-state index contributed by atoms with van der Waals surface area (Å²) in [5.41, 5.74) is 2.58. The van der Waals surface area contributed by atoms with Crippen LogP contribution in [0.4, 0.5) is 0 Å². The van der Waals surface area contributed by atoms with E-state index < -0.39 is 6.10 Å². The molecule has 0 radical (unpaired) electrons. The molecule has 3 aromatic carbocycles. The third-order valence-electron chi connectivity index (χ3n) is 3.66. The van der Waals surface area contributed by atoms with Crippen LogP contribution in [0.3, 0.4) is 0 Å². The van der Waals surface area contributed by atoms with Crippen LogP contribution >= 0.6 is 0 Å².